The van der Waals surface area contributed by atoms with Crippen molar-refractivity contribution >= 4 is 12.0 Å². The summed E-state index contributed by atoms with van der Waals surface area (Å²) in [6.45, 7) is 4.03. The number of piperidine rings is 1. The maximum atomic E-state index is 13.6. The van der Waals surface area contributed by atoms with E-state index in [4.69, 9.17) is 9.47 Å². The van der Waals surface area contributed by atoms with Gasteiger partial charge in [0.2, 0.25) is 5.91 Å². The van der Waals surface area contributed by atoms with Gasteiger partial charge < -0.3 is 19.5 Å². The van der Waals surface area contributed by atoms with Crippen molar-refractivity contribution in [3.05, 3.63) is 94.6 Å². The normalized spacial score (nSPS) is 27.4. The number of ether oxygens (including phenoxy) is 2. The van der Waals surface area contributed by atoms with Crippen LogP contribution in [0.25, 0.3) is 6.08 Å². The number of aryl methyl sites for hydroxylation is 1. The van der Waals surface area contributed by atoms with Crippen LogP contribution in [0.4, 0.5) is 0 Å². The van der Waals surface area contributed by atoms with E-state index < -0.39 is 0 Å². The zero-order valence-electron chi connectivity index (χ0n) is 24.8. The van der Waals surface area contributed by atoms with Gasteiger partial charge in [-0.05, 0) is 68.7 Å². The highest BCUT2D eigenvalue weighted by Crippen LogP contribution is 2.65. The van der Waals surface area contributed by atoms with Crippen molar-refractivity contribution in [2.45, 2.75) is 62.6 Å². The number of amides is 1. The second-order valence-corrected chi connectivity index (χ2v) is 12.6. The number of carbonyl (C=O) groups excluding carboxylic acids is 1. The number of carbonyl (C=O) groups is 1. The van der Waals surface area contributed by atoms with Gasteiger partial charge in [-0.1, -0.05) is 60.2 Å². The van der Waals surface area contributed by atoms with Gasteiger partial charge in [0.15, 0.2) is 11.5 Å². The Kier molecular flexibility index (Phi) is 6.77. The fourth-order valence-electron chi connectivity index (χ4n) is 8.62. The van der Waals surface area contributed by atoms with Crippen molar-refractivity contribution in [2.24, 2.45) is 5.92 Å². The number of likely N-dealkylation sites (N-methyl/N-ethyl adjacent to an activating group) is 1. The van der Waals surface area contributed by atoms with Crippen LogP contribution >= 0.6 is 0 Å². The summed E-state index contributed by atoms with van der Waals surface area (Å²) in [7, 11) is 3.56. The minimum atomic E-state index is -0.249. The summed E-state index contributed by atoms with van der Waals surface area (Å²) in [6.07, 6.45) is 8.09. The average Bonchev–Trinajstić information content (AvgIpc) is 3.34. The molecule has 218 valence electrons. The number of phenols is 1. The molecule has 2 aliphatic heterocycles. The molecule has 2 bridgehead atoms. The summed E-state index contributed by atoms with van der Waals surface area (Å²) in [6, 6.07) is 20.9. The Bertz CT molecular complexity index is 1530. The van der Waals surface area contributed by atoms with Crippen LogP contribution in [-0.4, -0.2) is 66.2 Å². The summed E-state index contributed by atoms with van der Waals surface area (Å²) in [5, 5.41) is 11.3. The Morgan fingerprint density at radius 2 is 2.00 bits per heavy atom. The van der Waals surface area contributed by atoms with Gasteiger partial charge in [-0.25, -0.2) is 0 Å². The van der Waals surface area contributed by atoms with Gasteiger partial charge in [0.05, 0.1) is 13.2 Å². The van der Waals surface area contributed by atoms with E-state index >= 15 is 0 Å². The fourth-order valence-corrected chi connectivity index (χ4v) is 8.62. The Morgan fingerprint density at radius 1 is 1.17 bits per heavy atom. The molecule has 2 fully saturated rings. The van der Waals surface area contributed by atoms with E-state index in [1.807, 2.05) is 30.2 Å². The van der Waals surface area contributed by atoms with Crippen molar-refractivity contribution in [3.63, 3.8) is 0 Å². The van der Waals surface area contributed by atoms with Crippen LogP contribution in [0.1, 0.15) is 47.1 Å². The molecule has 0 aromatic heterocycles. The molecular formula is C36H40N2O4. The second kappa shape index (κ2) is 10.5. The van der Waals surface area contributed by atoms with E-state index in [9.17, 15) is 9.90 Å². The van der Waals surface area contributed by atoms with Crippen LogP contribution in [0.3, 0.4) is 0 Å². The van der Waals surface area contributed by atoms with Gasteiger partial charge in [-0.15, -0.1) is 0 Å². The molecule has 7 rings (SSSR count). The lowest BCUT2D eigenvalue weighted by atomic mass is 9.50. The van der Waals surface area contributed by atoms with Gasteiger partial charge in [0.1, 0.15) is 11.9 Å². The smallest absolute Gasteiger partial charge is 0.246 e. The van der Waals surface area contributed by atoms with Crippen LogP contribution in [0.2, 0.25) is 0 Å². The first-order valence-electron chi connectivity index (χ1n) is 15.3. The lowest BCUT2D eigenvalue weighted by molar-refractivity contribution is -0.135. The van der Waals surface area contributed by atoms with E-state index in [0.29, 0.717) is 23.5 Å². The highest BCUT2D eigenvalue weighted by Gasteiger charge is 2.66. The van der Waals surface area contributed by atoms with Gasteiger partial charge in [-0.2, -0.15) is 0 Å². The van der Waals surface area contributed by atoms with E-state index in [1.54, 1.807) is 19.3 Å². The molecule has 4 aliphatic rings. The molecule has 1 saturated carbocycles. The van der Waals surface area contributed by atoms with Gasteiger partial charge in [0, 0.05) is 48.3 Å². The summed E-state index contributed by atoms with van der Waals surface area (Å²) in [4.78, 5) is 18.1. The topological polar surface area (TPSA) is 62.2 Å². The van der Waals surface area contributed by atoms with Crippen molar-refractivity contribution in [2.75, 3.05) is 27.2 Å². The molecule has 42 heavy (non-hydrogen) atoms. The molecule has 5 atom stereocenters. The molecule has 0 unspecified atom stereocenters. The first-order chi connectivity index (χ1) is 20.4. The molecular weight excluding hydrogens is 524 g/mol. The minimum absolute atomic E-state index is 0.0152. The molecule has 6 heteroatoms. The number of hydrogen-bond donors (Lipinski definition) is 1. The van der Waals surface area contributed by atoms with Crippen molar-refractivity contribution in [3.8, 4) is 17.2 Å². The third-order valence-electron chi connectivity index (χ3n) is 10.5. The van der Waals surface area contributed by atoms with Gasteiger partial charge in [-0.3, -0.25) is 9.69 Å². The summed E-state index contributed by atoms with van der Waals surface area (Å²) >= 11 is 0. The van der Waals surface area contributed by atoms with Crippen molar-refractivity contribution in [1.82, 2.24) is 9.80 Å². The summed E-state index contributed by atoms with van der Waals surface area (Å²) in [5.74, 6) is 2.05. The molecule has 1 spiro atoms. The maximum Gasteiger partial charge on any atom is 0.246 e. The van der Waals surface area contributed by atoms with Crippen LogP contribution in [0.15, 0.2) is 66.7 Å². The van der Waals surface area contributed by atoms with Crippen LogP contribution < -0.4 is 9.47 Å². The third-order valence-corrected chi connectivity index (χ3v) is 10.5. The molecule has 1 amide bonds. The largest absolute Gasteiger partial charge is 0.508 e. The van der Waals surface area contributed by atoms with Gasteiger partial charge in [0.25, 0.3) is 0 Å². The Hall–Kier alpha value is -3.77. The number of benzene rings is 3. The quantitative estimate of drug-likeness (QED) is 0.383. The molecule has 2 heterocycles. The molecule has 1 saturated heterocycles. The number of hydrogen-bond acceptors (Lipinski definition) is 5. The molecule has 2 aliphatic carbocycles. The Labute approximate surface area is 248 Å². The van der Waals surface area contributed by atoms with Gasteiger partial charge >= 0.3 is 0 Å². The summed E-state index contributed by atoms with van der Waals surface area (Å²) in [5.41, 5.74) is 5.45. The molecule has 6 nitrogen and oxygen atoms in total. The minimum Gasteiger partial charge on any atom is -0.508 e. The second-order valence-electron chi connectivity index (χ2n) is 12.6. The molecule has 1 N–H and O–H groups in total. The predicted molar refractivity (Wildman–Crippen MR) is 164 cm³/mol. The summed E-state index contributed by atoms with van der Waals surface area (Å²) < 4.78 is 12.7. The fraction of sp³-hybridized carbons (Fsp3) is 0.417. The van der Waals surface area contributed by atoms with E-state index in [1.165, 1.54) is 11.1 Å². The first-order valence-corrected chi connectivity index (χ1v) is 15.3. The third kappa shape index (κ3) is 4.22. The van der Waals surface area contributed by atoms with Crippen molar-refractivity contribution < 1.29 is 19.4 Å². The predicted octanol–water partition coefficient (Wildman–Crippen LogP) is 5.53. The number of likely N-dealkylation sites (tertiary alicyclic amines) is 1. The zero-order valence-corrected chi connectivity index (χ0v) is 24.8. The Balaban J connectivity index is 1.22. The number of rotatable bonds is 7. The monoisotopic (exact) mass is 564 g/mol. The lowest BCUT2D eigenvalue weighted by Crippen LogP contribution is -2.69. The van der Waals surface area contributed by atoms with E-state index in [-0.39, 0.29) is 23.5 Å². The molecule has 3 aromatic rings. The van der Waals surface area contributed by atoms with Crippen LogP contribution in [-0.2, 0) is 23.1 Å². The number of nitrogens with zero attached hydrogens (tertiary/aromatic N) is 2. The average molecular weight is 565 g/mol. The standard InChI is InChI=1S/C36H40N2O4/c1-23-8-7-11-25(20-23)12-15-32(40)37(2)28-14-13-27-29-21-26-30(39)22-31(41-3)34-33(26)36(27,35(28)42-34)17-19-38(29)18-16-24-9-5-4-6-10-24/h4-12,15,20,22,27-29,35,39H,13-14,16-19,21H2,1-3H3/t27-,28-,29+,35-,36-/m0/s1. The zero-order chi connectivity index (χ0) is 29.0. The van der Waals surface area contributed by atoms with Crippen LogP contribution in [0.5, 0.6) is 17.2 Å². The number of methoxy groups -OCH3 is 1. The van der Waals surface area contributed by atoms with Crippen LogP contribution in [0, 0.1) is 12.8 Å². The first kappa shape index (κ1) is 27.1. The lowest BCUT2D eigenvalue weighted by Gasteiger charge is -2.60. The highest BCUT2D eigenvalue weighted by atomic mass is 16.5. The maximum absolute atomic E-state index is 13.6. The van der Waals surface area contributed by atoms with Crippen molar-refractivity contribution in [1.29, 1.82) is 0 Å². The molecule has 0 radical (unpaired) electrons. The highest BCUT2D eigenvalue weighted by molar-refractivity contribution is 5.92. The number of phenolic OH excluding ortho intramolecular Hbond substituents is 1. The Morgan fingerprint density at radius 3 is 2.79 bits per heavy atom. The SMILES string of the molecule is COc1cc(O)c2c3c1O[C@H]1[C@@H](N(C)C(=O)C=Cc4cccc(C)c4)CC[C@H]4[C@@H](C2)N(CCc2ccccc2)CC[C@@]341. The van der Waals surface area contributed by atoms with E-state index in [0.717, 1.165) is 67.6 Å². The molecule has 3 aromatic carbocycles. The number of aromatic hydroxyl groups is 1. The van der Waals surface area contributed by atoms with E-state index in [2.05, 4.69) is 54.3 Å².